The smallest absolute Gasteiger partial charge is 0.0484 e. The number of thioether (sulfide) groups is 1. The Bertz CT molecular complexity index is 240. The molecular formula is C9H12BrNS. The fourth-order valence-electron chi connectivity index (χ4n) is 0.892. The van der Waals surface area contributed by atoms with Gasteiger partial charge in [-0.05, 0) is 34.3 Å². The first-order valence-corrected chi connectivity index (χ1v) is 6.00. The molecule has 12 heavy (non-hydrogen) atoms. The molecule has 1 rings (SSSR count). The number of hydrogen-bond acceptors (Lipinski definition) is 2. The fraction of sp³-hybridized carbons (Fsp3) is 0.333. The van der Waals surface area contributed by atoms with Crippen molar-refractivity contribution in [3.05, 3.63) is 28.7 Å². The summed E-state index contributed by atoms with van der Waals surface area (Å²) in [6, 6.07) is 8.17. The molecule has 0 saturated heterocycles. The molecule has 3 heteroatoms. The molecule has 1 N–H and O–H groups in total. The van der Waals surface area contributed by atoms with E-state index >= 15 is 0 Å². The van der Waals surface area contributed by atoms with Gasteiger partial charge in [-0.25, -0.2) is 0 Å². The van der Waals surface area contributed by atoms with Crippen LogP contribution in [0.4, 0.5) is 5.69 Å². The molecule has 0 fully saturated rings. The summed E-state index contributed by atoms with van der Waals surface area (Å²) in [6.45, 7) is 1.02. The van der Waals surface area contributed by atoms with Gasteiger partial charge in [-0.15, -0.1) is 0 Å². The molecular weight excluding hydrogens is 234 g/mol. The number of para-hydroxylation sites is 1. The maximum absolute atomic E-state index is 3.48. The quantitative estimate of drug-likeness (QED) is 0.818. The Morgan fingerprint density at radius 2 is 2.17 bits per heavy atom. The molecule has 0 atom stereocenters. The average Bonchev–Trinajstić information content (AvgIpc) is 2.09. The second kappa shape index (κ2) is 5.49. The third-order valence-electron chi connectivity index (χ3n) is 1.50. The van der Waals surface area contributed by atoms with Crippen molar-refractivity contribution < 1.29 is 0 Å². The summed E-state index contributed by atoms with van der Waals surface area (Å²) in [5.41, 5.74) is 1.17. The Hall–Kier alpha value is -0.150. The minimum Gasteiger partial charge on any atom is -0.383 e. The Labute approximate surface area is 86.1 Å². The molecule has 66 valence electrons. The van der Waals surface area contributed by atoms with Crippen LogP contribution in [0.3, 0.4) is 0 Å². The number of rotatable bonds is 4. The average molecular weight is 246 g/mol. The van der Waals surface area contributed by atoms with Crippen LogP contribution < -0.4 is 5.32 Å². The van der Waals surface area contributed by atoms with Crippen molar-refractivity contribution in [1.29, 1.82) is 0 Å². The maximum Gasteiger partial charge on any atom is 0.0484 e. The Morgan fingerprint density at radius 3 is 2.83 bits per heavy atom. The summed E-state index contributed by atoms with van der Waals surface area (Å²) in [4.78, 5) is 0. The first-order valence-electron chi connectivity index (χ1n) is 3.82. The van der Waals surface area contributed by atoms with Gasteiger partial charge in [0.1, 0.15) is 0 Å². The minimum absolute atomic E-state index is 1.02. The predicted molar refractivity (Wildman–Crippen MR) is 61.0 cm³/mol. The lowest BCUT2D eigenvalue weighted by Crippen LogP contribution is -2.03. The van der Waals surface area contributed by atoms with Gasteiger partial charge in [0, 0.05) is 22.5 Å². The van der Waals surface area contributed by atoms with Gasteiger partial charge in [0.2, 0.25) is 0 Å². The van der Waals surface area contributed by atoms with Gasteiger partial charge in [0.15, 0.2) is 0 Å². The van der Waals surface area contributed by atoms with E-state index in [4.69, 9.17) is 0 Å². The van der Waals surface area contributed by atoms with E-state index in [-0.39, 0.29) is 0 Å². The fourth-order valence-corrected chi connectivity index (χ4v) is 1.62. The number of benzene rings is 1. The molecule has 0 aliphatic rings. The van der Waals surface area contributed by atoms with Gasteiger partial charge in [-0.3, -0.25) is 0 Å². The summed E-state index contributed by atoms with van der Waals surface area (Å²) < 4.78 is 1.13. The van der Waals surface area contributed by atoms with E-state index in [2.05, 4.69) is 33.6 Å². The van der Waals surface area contributed by atoms with Crippen molar-refractivity contribution >= 4 is 33.4 Å². The third-order valence-corrected chi connectivity index (χ3v) is 2.80. The largest absolute Gasteiger partial charge is 0.383 e. The summed E-state index contributed by atoms with van der Waals surface area (Å²) in [5.74, 6) is 1.14. The maximum atomic E-state index is 3.48. The van der Waals surface area contributed by atoms with E-state index in [1.165, 1.54) is 5.69 Å². The zero-order valence-corrected chi connectivity index (χ0v) is 9.41. The molecule has 1 aromatic carbocycles. The monoisotopic (exact) mass is 245 g/mol. The zero-order chi connectivity index (χ0) is 8.81. The van der Waals surface area contributed by atoms with E-state index in [0.29, 0.717) is 0 Å². The minimum atomic E-state index is 1.02. The zero-order valence-electron chi connectivity index (χ0n) is 7.01. The number of hydrogen-bond donors (Lipinski definition) is 1. The van der Waals surface area contributed by atoms with E-state index in [0.717, 1.165) is 16.8 Å². The first-order chi connectivity index (χ1) is 5.84. The molecule has 0 bridgehead atoms. The molecule has 0 spiro atoms. The van der Waals surface area contributed by atoms with Crippen LogP contribution >= 0.6 is 27.7 Å². The van der Waals surface area contributed by atoms with Crippen LogP contribution in [0.1, 0.15) is 0 Å². The van der Waals surface area contributed by atoms with Crippen LogP contribution in [-0.4, -0.2) is 18.6 Å². The number of anilines is 1. The van der Waals surface area contributed by atoms with Crippen molar-refractivity contribution in [1.82, 2.24) is 0 Å². The van der Waals surface area contributed by atoms with Crippen LogP contribution in [-0.2, 0) is 0 Å². The van der Waals surface area contributed by atoms with E-state index in [9.17, 15) is 0 Å². The third kappa shape index (κ3) is 3.07. The Kier molecular flexibility index (Phi) is 4.54. The highest BCUT2D eigenvalue weighted by Gasteiger charge is 1.94. The topological polar surface area (TPSA) is 12.0 Å². The van der Waals surface area contributed by atoms with Gasteiger partial charge >= 0.3 is 0 Å². The van der Waals surface area contributed by atoms with Crippen LogP contribution in [0.2, 0.25) is 0 Å². The lowest BCUT2D eigenvalue weighted by molar-refractivity contribution is 1.23. The number of nitrogens with one attached hydrogen (secondary N) is 1. The lowest BCUT2D eigenvalue weighted by Gasteiger charge is -2.06. The summed E-state index contributed by atoms with van der Waals surface area (Å²) in [5, 5.41) is 3.35. The molecule has 0 saturated carbocycles. The van der Waals surface area contributed by atoms with Crippen LogP contribution in [0.25, 0.3) is 0 Å². The van der Waals surface area contributed by atoms with E-state index in [1.807, 2.05) is 30.0 Å². The first kappa shape index (κ1) is 9.93. The van der Waals surface area contributed by atoms with Gasteiger partial charge in [0.05, 0.1) is 0 Å². The summed E-state index contributed by atoms with van der Waals surface area (Å²) in [7, 11) is 0. The highest BCUT2D eigenvalue weighted by atomic mass is 79.9. The SMILES string of the molecule is CSCCNc1ccccc1Br. The Morgan fingerprint density at radius 1 is 1.42 bits per heavy atom. The standard InChI is InChI=1S/C9H12BrNS/c1-12-7-6-11-9-5-3-2-4-8(9)10/h2-5,11H,6-7H2,1H3. The summed E-state index contributed by atoms with van der Waals surface area (Å²) >= 11 is 5.33. The van der Waals surface area contributed by atoms with Crippen molar-refractivity contribution in [3.8, 4) is 0 Å². The second-order valence-electron chi connectivity index (χ2n) is 2.40. The van der Waals surface area contributed by atoms with E-state index in [1.54, 1.807) is 0 Å². The van der Waals surface area contributed by atoms with E-state index < -0.39 is 0 Å². The van der Waals surface area contributed by atoms with Gasteiger partial charge < -0.3 is 5.32 Å². The molecule has 0 radical (unpaired) electrons. The molecule has 0 heterocycles. The van der Waals surface area contributed by atoms with Crippen LogP contribution in [0.15, 0.2) is 28.7 Å². The molecule has 0 amide bonds. The van der Waals surface area contributed by atoms with Crippen molar-refractivity contribution in [2.24, 2.45) is 0 Å². The Balaban J connectivity index is 2.46. The molecule has 0 aliphatic carbocycles. The highest BCUT2D eigenvalue weighted by Crippen LogP contribution is 2.20. The highest BCUT2D eigenvalue weighted by molar-refractivity contribution is 9.10. The second-order valence-corrected chi connectivity index (χ2v) is 4.24. The van der Waals surface area contributed by atoms with Gasteiger partial charge in [-0.2, -0.15) is 11.8 Å². The number of halogens is 1. The normalized spacial score (nSPS) is 9.83. The molecule has 0 aliphatic heterocycles. The van der Waals surface area contributed by atoms with Gasteiger partial charge in [-0.1, -0.05) is 12.1 Å². The van der Waals surface area contributed by atoms with Crippen LogP contribution in [0, 0.1) is 0 Å². The molecule has 0 unspecified atom stereocenters. The molecule has 1 nitrogen and oxygen atoms in total. The van der Waals surface area contributed by atoms with Crippen molar-refractivity contribution in [2.45, 2.75) is 0 Å². The van der Waals surface area contributed by atoms with Crippen LogP contribution in [0.5, 0.6) is 0 Å². The molecule has 0 aromatic heterocycles. The molecule has 1 aromatic rings. The van der Waals surface area contributed by atoms with Crippen molar-refractivity contribution in [2.75, 3.05) is 23.9 Å². The summed E-state index contributed by atoms with van der Waals surface area (Å²) in [6.07, 6.45) is 2.11. The van der Waals surface area contributed by atoms with Gasteiger partial charge in [0.25, 0.3) is 0 Å². The van der Waals surface area contributed by atoms with Crippen molar-refractivity contribution in [3.63, 3.8) is 0 Å². The predicted octanol–water partition coefficient (Wildman–Crippen LogP) is 3.22. The lowest BCUT2D eigenvalue weighted by atomic mass is 10.3.